The number of fused-ring (bicyclic) bond motifs is 1. The molecule has 0 unspecified atom stereocenters. The maximum Gasteiger partial charge on any atom is 0.332 e. The van der Waals surface area contributed by atoms with Gasteiger partial charge in [-0.3, -0.25) is 23.3 Å². The third-order valence-electron chi connectivity index (χ3n) is 5.87. The van der Waals surface area contributed by atoms with Crippen LogP contribution >= 0.6 is 23.4 Å². The predicted octanol–water partition coefficient (Wildman–Crippen LogP) is 3.02. The van der Waals surface area contributed by atoms with Gasteiger partial charge in [0.2, 0.25) is 0 Å². The molecule has 182 valence electrons. The molecule has 0 saturated heterocycles. The van der Waals surface area contributed by atoms with Crippen LogP contribution in [0.4, 0.5) is 5.82 Å². The number of para-hydroxylation sites is 1. The van der Waals surface area contributed by atoms with E-state index in [2.05, 4.69) is 15.2 Å². The smallest absolute Gasteiger partial charge is 0.332 e. The summed E-state index contributed by atoms with van der Waals surface area (Å²) < 4.78 is 3.76. The molecule has 0 aliphatic heterocycles. The van der Waals surface area contributed by atoms with E-state index in [0.29, 0.717) is 16.0 Å². The highest BCUT2D eigenvalue weighted by molar-refractivity contribution is 7.99. The van der Waals surface area contributed by atoms with E-state index in [1.165, 1.54) is 14.1 Å². The molecule has 0 atom stereocenters. The number of nitrogens with zero attached hydrogens (tertiary/aromatic N) is 5. The Morgan fingerprint density at radius 1 is 1.06 bits per heavy atom. The molecule has 3 heterocycles. The van der Waals surface area contributed by atoms with Crippen molar-refractivity contribution < 1.29 is 4.79 Å². The van der Waals surface area contributed by atoms with Gasteiger partial charge in [-0.1, -0.05) is 41.6 Å². The number of carbonyl (C=O) groups excluding carboxylic acids is 1. The molecule has 2 aromatic carbocycles. The standard InChI is InChI=1S/C24H20ClN7O3S/c1-30-20(26)19(22(34)31(2)24(30)35)18(33)12-36-23-29-28-21(32(23)14-9-7-13(25)8-10-14)16-11-27-17-6-4-3-5-15(16)17/h3-11,27H,12,26H2,1-2H3. The van der Waals surface area contributed by atoms with Gasteiger partial charge in [0.05, 0.1) is 5.75 Å². The van der Waals surface area contributed by atoms with E-state index in [1.54, 1.807) is 12.1 Å². The number of benzene rings is 2. The van der Waals surface area contributed by atoms with E-state index in [1.807, 2.05) is 47.2 Å². The van der Waals surface area contributed by atoms with Gasteiger partial charge in [0.25, 0.3) is 5.56 Å². The van der Waals surface area contributed by atoms with Gasteiger partial charge in [0.1, 0.15) is 11.4 Å². The van der Waals surface area contributed by atoms with Crippen molar-refractivity contribution in [3.8, 4) is 17.1 Å². The molecule has 10 nitrogen and oxygen atoms in total. The summed E-state index contributed by atoms with van der Waals surface area (Å²) in [6.07, 6.45) is 1.86. The Morgan fingerprint density at radius 3 is 2.53 bits per heavy atom. The fourth-order valence-corrected chi connectivity index (χ4v) is 4.89. The van der Waals surface area contributed by atoms with E-state index in [-0.39, 0.29) is 17.1 Å². The highest BCUT2D eigenvalue weighted by Gasteiger charge is 2.23. The van der Waals surface area contributed by atoms with Crippen LogP contribution in [0.15, 0.2) is 69.5 Å². The Morgan fingerprint density at radius 2 is 1.78 bits per heavy atom. The summed E-state index contributed by atoms with van der Waals surface area (Å²) in [5, 5.41) is 10.7. The monoisotopic (exact) mass is 521 g/mol. The van der Waals surface area contributed by atoms with Crippen molar-refractivity contribution in [1.29, 1.82) is 0 Å². The topological polar surface area (TPSA) is 134 Å². The number of hydrogen-bond acceptors (Lipinski definition) is 7. The number of anilines is 1. The van der Waals surface area contributed by atoms with Gasteiger partial charge < -0.3 is 10.7 Å². The number of halogens is 1. The lowest BCUT2D eigenvalue weighted by molar-refractivity contribution is 0.102. The number of nitrogens with one attached hydrogen (secondary N) is 1. The molecule has 0 radical (unpaired) electrons. The zero-order valence-electron chi connectivity index (χ0n) is 19.2. The van der Waals surface area contributed by atoms with Crippen LogP contribution in [-0.2, 0) is 14.1 Å². The SMILES string of the molecule is Cn1c(N)c(C(=O)CSc2nnc(-c3c[nH]c4ccccc34)n2-c2ccc(Cl)cc2)c(=O)n(C)c1=O. The Bertz CT molecular complexity index is 1750. The number of Topliss-reactive ketones (excluding diaryl/α,β-unsaturated/α-hetero) is 1. The fourth-order valence-electron chi connectivity index (χ4n) is 3.94. The maximum atomic E-state index is 13.1. The molecule has 0 bridgehead atoms. The number of thioether (sulfide) groups is 1. The second kappa shape index (κ2) is 9.17. The number of rotatable bonds is 6. The van der Waals surface area contributed by atoms with Crippen molar-refractivity contribution >= 4 is 45.9 Å². The molecule has 3 N–H and O–H groups in total. The second-order valence-electron chi connectivity index (χ2n) is 8.04. The molecule has 0 saturated carbocycles. The van der Waals surface area contributed by atoms with Crippen molar-refractivity contribution in [3.05, 3.63) is 86.2 Å². The first kappa shape index (κ1) is 23.6. The number of nitrogens with two attached hydrogens (primary N) is 1. The molecule has 12 heteroatoms. The van der Waals surface area contributed by atoms with Gasteiger partial charge in [-0.05, 0) is 30.3 Å². The molecule has 0 spiro atoms. The summed E-state index contributed by atoms with van der Waals surface area (Å²) in [6, 6.07) is 15.0. The largest absolute Gasteiger partial charge is 0.384 e. The van der Waals surface area contributed by atoms with Crippen LogP contribution in [0.2, 0.25) is 5.02 Å². The zero-order valence-corrected chi connectivity index (χ0v) is 20.8. The quantitative estimate of drug-likeness (QED) is 0.259. The van der Waals surface area contributed by atoms with Gasteiger partial charge >= 0.3 is 5.69 Å². The average molecular weight is 522 g/mol. The van der Waals surface area contributed by atoms with Gasteiger partial charge in [-0.15, -0.1) is 10.2 Å². The summed E-state index contributed by atoms with van der Waals surface area (Å²) >= 11 is 7.22. The zero-order chi connectivity index (χ0) is 25.6. The number of carbonyl (C=O) groups is 1. The number of hydrogen-bond donors (Lipinski definition) is 2. The minimum absolute atomic E-state index is 0.142. The van der Waals surface area contributed by atoms with Gasteiger partial charge in [0, 0.05) is 47.5 Å². The first-order chi connectivity index (χ1) is 17.3. The molecular formula is C24H20ClN7O3S. The van der Waals surface area contributed by atoms with E-state index >= 15 is 0 Å². The third-order valence-corrected chi connectivity index (χ3v) is 7.05. The molecule has 3 aromatic heterocycles. The summed E-state index contributed by atoms with van der Waals surface area (Å²) in [6.45, 7) is 0. The molecule has 36 heavy (non-hydrogen) atoms. The maximum absolute atomic E-state index is 13.1. The van der Waals surface area contributed by atoms with Crippen molar-refractivity contribution in [2.24, 2.45) is 14.1 Å². The van der Waals surface area contributed by atoms with Crippen LogP contribution in [0.5, 0.6) is 0 Å². The van der Waals surface area contributed by atoms with Crippen LogP contribution in [0.3, 0.4) is 0 Å². The molecule has 0 amide bonds. The van der Waals surface area contributed by atoms with Gasteiger partial charge in [0.15, 0.2) is 16.8 Å². The first-order valence-electron chi connectivity index (χ1n) is 10.8. The summed E-state index contributed by atoms with van der Waals surface area (Å²) in [5.74, 6) is -0.264. The average Bonchev–Trinajstić information content (AvgIpc) is 3.49. The van der Waals surface area contributed by atoms with Crippen LogP contribution in [0.1, 0.15) is 10.4 Å². The Kier molecular flexibility index (Phi) is 6.02. The van der Waals surface area contributed by atoms with Gasteiger partial charge in [-0.2, -0.15) is 0 Å². The first-order valence-corrected chi connectivity index (χ1v) is 12.1. The minimum Gasteiger partial charge on any atom is -0.384 e. The van der Waals surface area contributed by atoms with Crippen LogP contribution < -0.4 is 17.0 Å². The Hall–Kier alpha value is -4.09. The number of nitrogen functional groups attached to an aromatic ring is 1. The van der Waals surface area contributed by atoms with Crippen molar-refractivity contribution in [1.82, 2.24) is 28.9 Å². The lowest BCUT2D eigenvalue weighted by Gasteiger charge is -2.12. The minimum atomic E-state index is -0.736. The number of aromatic amines is 1. The number of aromatic nitrogens is 6. The second-order valence-corrected chi connectivity index (χ2v) is 9.42. The van der Waals surface area contributed by atoms with Crippen molar-refractivity contribution in [2.45, 2.75) is 5.16 Å². The molecule has 0 aliphatic rings. The fraction of sp³-hybridized carbons (Fsp3) is 0.125. The highest BCUT2D eigenvalue weighted by Crippen LogP contribution is 2.33. The van der Waals surface area contributed by atoms with E-state index in [9.17, 15) is 14.4 Å². The van der Waals surface area contributed by atoms with Crippen LogP contribution in [-0.4, -0.2) is 40.4 Å². The van der Waals surface area contributed by atoms with Crippen LogP contribution in [0, 0.1) is 0 Å². The normalized spacial score (nSPS) is 11.3. The Balaban J connectivity index is 1.56. The van der Waals surface area contributed by atoms with E-state index < -0.39 is 17.0 Å². The van der Waals surface area contributed by atoms with Crippen molar-refractivity contribution in [3.63, 3.8) is 0 Å². The number of H-pyrrole nitrogens is 1. The third kappa shape index (κ3) is 3.91. The summed E-state index contributed by atoms with van der Waals surface area (Å²) in [5.41, 5.74) is 6.91. The van der Waals surface area contributed by atoms with E-state index in [4.69, 9.17) is 17.3 Å². The predicted molar refractivity (Wildman–Crippen MR) is 140 cm³/mol. The molecular weight excluding hydrogens is 502 g/mol. The van der Waals surface area contributed by atoms with Crippen molar-refractivity contribution in [2.75, 3.05) is 11.5 Å². The van der Waals surface area contributed by atoms with Gasteiger partial charge in [-0.25, -0.2) is 4.79 Å². The number of ketones is 1. The molecule has 5 aromatic rings. The lowest BCUT2D eigenvalue weighted by atomic mass is 10.1. The summed E-state index contributed by atoms with van der Waals surface area (Å²) in [4.78, 5) is 41.0. The Labute approximate surface area is 213 Å². The molecule has 0 fully saturated rings. The molecule has 5 rings (SSSR count). The highest BCUT2D eigenvalue weighted by atomic mass is 35.5. The molecule has 0 aliphatic carbocycles. The van der Waals surface area contributed by atoms with Crippen LogP contribution in [0.25, 0.3) is 28.0 Å². The lowest BCUT2D eigenvalue weighted by Crippen LogP contribution is -2.41. The van der Waals surface area contributed by atoms with E-state index in [0.717, 1.165) is 43.0 Å². The summed E-state index contributed by atoms with van der Waals surface area (Å²) in [7, 11) is 2.71.